The molecule has 1 unspecified atom stereocenters. The number of Topliss-reactive ketones (excluding diaryl/α,β-unsaturated/α-hetero) is 1. The smallest absolute Gasteiger partial charge is 0.262 e. The van der Waals surface area contributed by atoms with Crippen molar-refractivity contribution in [1.29, 1.82) is 5.26 Å². The second kappa shape index (κ2) is 9.06. The molecule has 0 saturated heterocycles. The number of nitrogens with zero attached hydrogens (tertiary/aromatic N) is 1. The second-order valence-electron chi connectivity index (χ2n) is 9.47. The number of carbonyl (C=O) groups is 2. The van der Waals surface area contributed by atoms with Crippen molar-refractivity contribution in [3.05, 3.63) is 82.4 Å². The van der Waals surface area contributed by atoms with Crippen LogP contribution in [-0.4, -0.2) is 18.3 Å². The topological polar surface area (TPSA) is 114 Å². The maximum Gasteiger partial charge on any atom is 0.262 e. The summed E-state index contributed by atoms with van der Waals surface area (Å²) in [5.41, 5.74) is 9.09. The Bertz CT molecular complexity index is 1230. The number of allylic oxidation sites excluding steroid dienone is 3. The van der Waals surface area contributed by atoms with Crippen molar-refractivity contribution in [2.24, 2.45) is 11.1 Å². The van der Waals surface area contributed by atoms with Gasteiger partial charge in [0.1, 0.15) is 23.2 Å². The molecular formula is C27H27N3O4. The first-order chi connectivity index (χ1) is 16.2. The number of anilines is 1. The van der Waals surface area contributed by atoms with Crippen molar-refractivity contribution in [2.45, 2.75) is 39.5 Å². The minimum Gasteiger partial charge on any atom is -0.484 e. The van der Waals surface area contributed by atoms with Crippen LogP contribution in [0.2, 0.25) is 0 Å². The van der Waals surface area contributed by atoms with Crippen LogP contribution >= 0.6 is 0 Å². The maximum atomic E-state index is 13.0. The van der Waals surface area contributed by atoms with E-state index in [1.54, 1.807) is 24.3 Å². The summed E-state index contributed by atoms with van der Waals surface area (Å²) >= 11 is 0. The zero-order valence-electron chi connectivity index (χ0n) is 19.5. The number of rotatable bonds is 5. The van der Waals surface area contributed by atoms with Crippen molar-refractivity contribution in [1.82, 2.24) is 0 Å². The summed E-state index contributed by atoms with van der Waals surface area (Å²) in [7, 11) is 0. The Morgan fingerprint density at radius 3 is 2.50 bits per heavy atom. The van der Waals surface area contributed by atoms with Crippen molar-refractivity contribution < 1.29 is 19.1 Å². The lowest BCUT2D eigenvalue weighted by molar-refractivity contribution is -0.119. The molecule has 2 aromatic carbocycles. The van der Waals surface area contributed by atoms with Gasteiger partial charge in [0.25, 0.3) is 5.91 Å². The van der Waals surface area contributed by atoms with Gasteiger partial charge in [0, 0.05) is 24.1 Å². The van der Waals surface area contributed by atoms with Gasteiger partial charge in [-0.05, 0) is 42.2 Å². The molecule has 174 valence electrons. The molecular weight excluding hydrogens is 430 g/mol. The highest BCUT2D eigenvalue weighted by atomic mass is 16.5. The molecule has 7 heteroatoms. The molecule has 2 aliphatic rings. The summed E-state index contributed by atoms with van der Waals surface area (Å²) in [6.45, 7) is 5.84. The fourth-order valence-corrected chi connectivity index (χ4v) is 4.36. The van der Waals surface area contributed by atoms with Gasteiger partial charge in [-0.2, -0.15) is 5.26 Å². The van der Waals surface area contributed by atoms with E-state index in [0.29, 0.717) is 35.6 Å². The largest absolute Gasteiger partial charge is 0.484 e. The number of nitrogens with one attached hydrogen (secondary N) is 1. The van der Waals surface area contributed by atoms with Crippen LogP contribution < -0.4 is 15.8 Å². The van der Waals surface area contributed by atoms with Crippen LogP contribution in [0.15, 0.2) is 71.3 Å². The van der Waals surface area contributed by atoms with Crippen LogP contribution in [0, 0.1) is 23.7 Å². The van der Waals surface area contributed by atoms with Crippen molar-refractivity contribution in [3.63, 3.8) is 0 Å². The molecule has 3 N–H and O–H groups in total. The molecule has 1 aliphatic heterocycles. The van der Waals surface area contributed by atoms with E-state index >= 15 is 0 Å². The van der Waals surface area contributed by atoms with Crippen molar-refractivity contribution in [3.8, 4) is 11.8 Å². The number of ketones is 1. The molecule has 1 aliphatic carbocycles. The molecule has 2 aromatic rings. The van der Waals surface area contributed by atoms with E-state index in [2.05, 4.69) is 11.4 Å². The van der Waals surface area contributed by atoms with Crippen LogP contribution in [0.3, 0.4) is 0 Å². The van der Waals surface area contributed by atoms with Gasteiger partial charge in [-0.15, -0.1) is 0 Å². The third-order valence-electron chi connectivity index (χ3n) is 5.99. The van der Waals surface area contributed by atoms with Gasteiger partial charge in [-0.3, -0.25) is 9.59 Å². The molecule has 0 saturated carbocycles. The van der Waals surface area contributed by atoms with Crippen LogP contribution in [0.5, 0.6) is 5.75 Å². The van der Waals surface area contributed by atoms with Crippen LogP contribution in [-0.2, 0) is 14.3 Å². The Hall–Kier alpha value is -4.05. The predicted octanol–water partition coefficient (Wildman–Crippen LogP) is 4.46. The minimum atomic E-state index is -0.587. The molecule has 1 heterocycles. The summed E-state index contributed by atoms with van der Waals surface area (Å²) in [6, 6.07) is 16.6. The summed E-state index contributed by atoms with van der Waals surface area (Å²) in [6.07, 6.45) is 0.947. The normalized spacial score (nSPS) is 19.1. The van der Waals surface area contributed by atoms with E-state index in [4.69, 9.17) is 15.2 Å². The average molecular weight is 458 g/mol. The van der Waals surface area contributed by atoms with E-state index < -0.39 is 5.92 Å². The van der Waals surface area contributed by atoms with E-state index in [9.17, 15) is 14.9 Å². The summed E-state index contributed by atoms with van der Waals surface area (Å²) in [5.74, 6) is 0.169. The lowest BCUT2D eigenvalue weighted by atomic mass is 9.70. The second-order valence-corrected chi connectivity index (χ2v) is 9.47. The SMILES string of the molecule is Cc1ccc(NC(=O)COc2ccc(C3C(C#N)=C(N)OC4=C3C(=O)CC(C)(C)C4)cc2)cc1. The highest BCUT2D eigenvalue weighted by molar-refractivity contribution is 6.00. The van der Waals surface area contributed by atoms with Crippen LogP contribution in [0.4, 0.5) is 5.69 Å². The summed E-state index contributed by atoms with van der Waals surface area (Å²) in [5, 5.41) is 12.5. The van der Waals surface area contributed by atoms with Gasteiger partial charge in [0.2, 0.25) is 5.88 Å². The number of carbonyl (C=O) groups excluding carboxylic acids is 2. The van der Waals surface area contributed by atoms with Gasteiger partial charge >= 0.3 is 0 Å². The predicted molar refractivity (Wildman–Crippen MR) is 127 cm³/mol. The van der Waals surface area contributed by atoms with Gasteiger partial charge in [-0.1, -0.05) is 43.7 Å². The van der Waals surface area contributed by atoms with Gasteiger partial charge < -0.3 is 20.5 Å². The van der Waals surface area contributed by atoms with Crippen LogP contribution in [0.1, 0.15) is 43.7 Å². The van der Waals surface area contributed by atoms with Crippen molar-refractivity contribution >= 4 is 17.4 Å². The highest BCUT2D eigenvalue weighted by Crippen LogP contribution is 2.47. The number of hydrogen-bond acceptors (Lipinski definition) is 6. The molecule has 7 nitrogen and oxygen atoms in total. The van der Waals surface area contributed by atoms with Crippen LogP contribution in [0.25, 0.3) is 0 Å². The highest BCUT2D eigenvalue weighted by Gasteiger charge is 2.42. The number of ether oxygens (including phenoxy) is 2. The fourth-order valence-electron chi connectivity index (χ4n) is 4.36. The third kappa shape index (κ3) is 4.81. The monoisotopic (exact) mass is 457 g/mol. The molecule has 0 aromatic heterocycles. The Kier molecular flexibility index (Phi) is 6.16. The number of amides is 1. The molecule has 0 bridgehead atoms. The molecule has 0 fully saturated rings. The first-order valence-corrected chi connectivity index (χ1v) is 11.1. The van der Waals surface area contributed by atoms with E-state index in [0.717, 1.165) is 11.1 Å². The number of nitriles is 1. The Labute approximate surface area is 198 Å². The lowest BCUT2D eigenvalue weighted by Crippen LogP contribution is -2.33. The Balaban J connectivity index is 1.50. The van der Waals surface area contributed by atoms with Crippen molar-refractivity contribution in [2.75, 3.05) is 11.9 Å². The molecule has 34 heavy (non-hydrogen) atoms. The fraction of sp³-hybridized carbons (Fsp3) is 0.296. The molecule has 1 amide bonds. The molecule has 1 atom stereocenters. The minimum absolute atomic E-state index is 0.0323. The van der Waals surface area contributed by atoms with E-state index in [-0.39, 0.29) is 35.2 Å². The number of nitrogens with two attached hydrogens (primary N) is 1. The third-order valence-corrected chi connectivity index (χ3v) is 5.99. The maximum absolute atomic E-state index is 13.0. The van der Waals surface area contributed by atoms with E-state index in [1.807, 2.05) is 45.0 Å². The summed E-state index contributed by atoms with van der Waals surface area (Å²) in [4.78, 5) is 25.2. The number of hydrogen-bond donors (Lipinski definition) is 2. The first kappa shape index (κ1) is 23.1. The molecule has 0 spiro atoms. The molecule has 0 radical (unpaired) electrons. The quantitative estimate of drug-likeness (QED) is 0.685. The number of aryl methyl sites for hydroxylation is 1. The average Bonchev–Trinajstić information content (AvgIpc) is 2.78. The van der Waals surface area contributed by atoms with Gasteiger partial charge in [0.05, 0.1) is 5.92 Å². The Morgan fingerprint density at radius 2 is 1.85 bits per heavy atom. The zero-order valence-corrected chi connectivity index (χ0v) is 19.5. The Morgan fingerprint density at radius 1 is 1.18 bits per heavy atom. The van der Waals surface area contributed by atoms with Gasteiger partial charge in [-0.25, -0.2) is 0 Å². The standard InChI is InChI=1S/C27H27N3O4/c1-16-4-8-18(9-5-16)30-23(32)15-33-19-10-6-17(7-11-19)24-20(14-28)26(29)34-22-13-27(2,3)12-21(31)25(22)24/h4-11,24H,12-13,15,29H2,1-3H3,(H,30,32). The first-order valence-electron chi connectivity index (χ1n) is 11.1. The summed E-state index contributed by atoms with van der Waals surface area (Å²) < 4.78 is 11.3. The lowest BCUT2D eigenvalue weighted by Gasteiger charge is -2.37. The van der Waals surface area contributed by atoms with Gasteiger partial charge in [0.15, 0.2) is 12.4 Å². The zero-order chi connectivity index (χ0) is 24.5. The molecule has 4 rings (SSSR count). The van der Waals surface area contributed by atoms with E-state index in [1.165, 1.54) is 0 Å². The number of benzene rings is 2.